The minimum absolute atomic E-state index is 0.307. The number of benzene rings is 3. The molecule has 1 N–H and O–H groups in total. The summed E-state index contributed by atoms with van der Waals surface area (Å²) in [4.78, 5) is 23.9. The minimum Gasteiger partial charge on any atom is -0.423 e. The molecule has 3 aromatic carbocycles. The predicted octanol–water partition coefficient (Wildman–Crippen LogP) is 4.83. The van der Waals surface area contributed by atoms with Gasteiger partial charge in [0.25, 0.3) is 5.91 Å². The molecule has 29 heavy (non-hydrogen) atoms. The largest absolute Gasteiger partial charge is 0.423 e. The van der Waals surface area contributed by atoms with Crippen LogP contribution in [0.5, 0.6) is 5.75 Å². The molecule has 0 saturated carbocycles. The fraction of sp³-hybridized carbons (Fsp3) is 0. The maximum absolute atomic E-state index is 12.0. The smallest absolute Gasteiger partial charge is 0.336 e. The summed E-state index contributed by atoms with van der Waals surface area (Å²) in [6, 6.07) is 23.3. The van der Waals surface area contributed by atoms with Crippen LogP contribution in [0.15, 0.2) is 94.5 Å². The van der Waals surface area contributed by atoms with Gasteiger partial charge in [0.05, 0.1) is 6.21 Å². The molecule has 0 aliphatic heterocycles. The normalized spacial score (nSPS) is 10.9. The van der Waals surface area contributed by atoms with Gasteiger partial charge in [0.15, 0.2) is 0 Å². The van der Waals surface area contributed by atoms with E-state index >= 15 is 0 Å². The van der Waals surface area contributed by atoms with Gasteiger partial charge in [-0.05, 0) is 59.7 Å². The maximum Gasteiger partial charge on any atom is 0.336 e. The number of amides is 1. The van der Waals surface area contributed by atoms with E-state index in [1.54, 1.807) is 48.5 Å². The summed E-state index contributed by atoms with van der Waals surface area (Å²) in [6.45, 7) is 0. The van der Waals surface area contributed by atoms with E-state index in [4.69, 9.17) is 4.74 Å². The molecule has 0 heterocycles. The summed E-state index contributed by atoms with van der Waals surface area (Å²) in [7, 11) is 0. The summed E-state index contributed by atoms with van der Waals surface area (Å²) < 4.78 is 6.08. The lowest BCUT2D eigenvalue weighted by Crippen LogP contribution is -2.17. The van der Waals surface area contributed by atoms with Crippen LogP contribution in [0.1, 0.15) is 21.5 Å². The molecule has 1 amide bonds. The molecule has 0 aromatic heterocycles. The van der Waals surface area contributed by atoms with Crippen molar-refractivity contribution in [3.8, 4) is 5.75 Å². The van der Waals surface area contributed by atoms with Gasteiger partial charge < -0.3 is 4.74 Å². The van der Waals surface area contributed by atoms with Crippen LogP contribution in [0.4, 0.5) is 0 Å². The van der Waals surface area contributed by atoms with Gasteiger partial charge in [-0.15, -0.1) is 0 Å². The highest BCUT2D eigenvalue weighted by atomic mass is 79.9. The number of halogens is 1. The van der Waals surface area contributed by atoms with Crippen LogP contribution in [-0.2, 0) is 4.79 Å². The number of hydrogen-bond acceptors (Lipinski definition) is 4. The van der Waals surface area contributed by atoms with E-state index in [-0.39, 0.29) is 5.91 Å². The third-order valence-electron chi connectivity index (χ3n) is 3.78. The summed E-state index contributed by atoms with van der Waals surface area (Å²) in [5, 5.41) is 3.94. The quantitative estimate of drug-likeness (QED) is 0.193. The number of nitrogens with zero attached hydrogens (tertiary/aromatic N) is 1. The van der Waals surface area contributed by atoms with Gasteiger partial charge in [-0.3, -0.25) is 4.79 Å². The molecule has 0 atom stereocenters. The second kappa shape index (κ2) is 10.1. The summed E-state index contributed by atoms with van der Waals surface area (Å²) in [6.07, 6.45) is 4.58. The fourth-order valence-electron chi connectivity index (χ4n) is 2.36. The molecule has 5 nitrogen and oxygen atoms in total. The molecule has 0 aliphatic carbocycles. The highest BCUT2D eigenvalue weighted by Crippen LogP contribution is 2.13. The van der Waals surface area contributed by atoms with E-state index in [9.17, 15) is 9.59 Å². The molecule has 0 fully saturated rings. The monoisotopic (exact) mass is 448 g/mol. The van der Waals surface area contributed by atoms with Gasteiger partial charge in [-0.2, -0.15) is 5.10 Å². The van der Waals surface area contributed by atoms with Crippen LogP contribution in [0.25, 0.3) is 6.08 Å². The number of ether oxygens (including phenoxy) is 1. The first-order chi connectivity index (χ1) is 14.1. The van der Waals surface area contributed by atoms with Gasteiger partial charge in [-0.1, -0.05) is 52.3 Å². The number of hydrogen-bond donors (Lipinski definition) is 1. The average Bonchev–Trinajstić information content (AvgIpc) is 2.74. The Hall–Kier alpha value is -3.51. The number of carbonyl (C=O) groups excluding carboxylic acids is 2. The number of esters is 1. The van der Waals surface area contributed by atoms with E-state index in [2.05, 4.69) is 26.5 Å². The van der Waals surface area contributed by atoms with E-state index in [1.165, 1.54) is 12.3 Å². The standard InChI is InChI=1S/C23H17BrN2O3/c24-20-8-4-7-19(15-20)23(28)26-25-16-18-9-12-21(13-10-18)29-22(27)14-11-17-5-2-1-3-6-17/h1-16H,(H,26,28)/b14-11+,25-16-. The van der Waals surface area contributed by atoms with Gasteiger partial charge in [0, 0.05) is 16.1 Å². The van der Waals surface area contributed by atoms with Crippen LogP contribution < -0.4 is 10.2 Å². The number of rotatable bonds is 6. The van der Waals surface area contributed by atoms with Gasteiger partial charge in [0.2, 0.25) is 0 Å². The molecule has 0 spiro atoms. The molecule has 0 bridgehead atoms. The second-order valence-corrected chi connectivity index (χ2v) is 6.86. The van der Waals surface area contributed by atoms with E-state index < -0.39 is 5.97 Å². The van der Waals surface area contributed by atoms with Crippen molar-refractivity contribution in [2.45, 2.75) is 0 Å². The molecular formula is C23H17BrN2O3. The van der Waals surface area contributed by atoms with Gasteiger partial charge in [0.1, 0.15) is 5.75 Å². The van der Waals surface area contributed by atoms with Crippen molar-refractivity contribution in [3.05, 3.63) is 106 Å². The zero-order valence-corrected chi connectivity index (χ0v) is 16.9. The lowest BCUT2D eigenvalue weighted by Gasteiger charge is -2.02. The van der Waals surface area contributed by atoms with Crippen molar-refractivity contribution in [2.24, 2.45) is 5.10 Å². The first-order valence-electron chi connectivity index (χ1n) is 8.74. The molecule has 3 rings (SSSR count). The third kappa shape index (κ3) is 6.55. The van der Waals surface area contributed by atoms with Crippen molar-refractivity contribution in [3.63, 3.8) is 0 Å². The summed E-state index contributed by atoms with van der Waals surface area (Å²) >= 11 is 3.32. The summed E-state index contributed by atoms with van der Waals surface area (Å²) in [5.74, 6) is -0.349. The molecule has 6 heteroatoms. The average molecular weight is 449 g/mol. The van der Waals surface area contributed by atoms with Crippen LogP contribution >= 0.6 is 15.9 Å². The number of carbonyl (C=O) groups is 2. The zero-order chi connectivity index (χ0) is 20.5. The first-order valence-corrected chi connectivity index (χ1v) is 9.53. The Morgan fingerprint density at radius 3 is 2.38 bits per heavy atom. The maximum atomic E-state index is 12.0. The Labute approximate surface area is 176 Å². The Morgan fingerprint density at radius 2 is 1.66 bits per heavy atom. The Morgan fingerprint density at radius 1 is 0.897 bits per heavy atom. The van der Waals surface area contributed by atoms with Gasteiger partial charge in [-0.25, -0.2) is 10.2 Å². The Balaban J connectivity index is 1.52. The van der Waals surface area contributed by atoms with Crippen molar-refractivity contribution in [1.29, 1.82) is 0 Å². The lowest BCUT2D eigenvalue weighted by molar-refractivity contribution is -0.128. The molecule has 0 saturated heterocycles. The van der Waals surface area contributed by atoms with Crippen molar-refractivity contribution in [1.82, 2.24) is 5.43 Å². The van der Waals surface area contributed by atoms with Gasteiger partial charge >= 0.3 is 5.97 Å². The fourth-order valence-corrected chi connectivity index (χ4v) is 2.76. The molecule has 0 unspecified atom stereocenters. The van der Waals surface area contributed by atoms with Crippen molar-refractivity contribution < 1.29 is 14.3 Å². The van der Waals surface area contributed by atoms with Crippen LogP contribution in [-0.4, -0.2) is 18.1 Å². The summed E-state index contributed by atoms with van der Waals surface area (Å²) in [5.41, 5.74) is 4.64. The zero-order valence-electron chi connectivity index (χ0n) is 15.3. The van der Waals surface area contributed by atoms with E-state index in [0.717, 1.165) is 15.6 Å². The molecule has 0 aliphatic rings. The minimum atomic E-state index is -0.462. The molecule has 0 radical (unpaired) electrons. The van der Waals surface area contributed by atoms with E-state index in [0.29, 0.717) is 11.3 Å². The SMILES string of the molecule is O=C(/C=C/c1ccccc1)Oc1ccc(/C=N\NC(=O)c2cccc(Br)c2)cc1. The van der Waals surface area contributed by atoms with Crippen LogP contribution in [0, 0.1) is 0 Å². The third-order valence-corrected chi connectivity index (χ3v) is 4.27. The lowest BCUT2D eigenvalue weighted by atomic mass is 10.2. The van der Waals surface area contributed by atoms with Crippen molar-refractivity contribution >= 4 is 40.1 Å². The molecular weight excluding hydrogens is 432 g/mol. The van der Waals surface area contributed by atoms with Crippen molar-refractivity contribution in [2.75, 3.05) is 0 Å². The topological polar surface area (TPSA) is 67.8 Å². The molecule has 144 valence electrons. The Bertz CT molecular complexity index is 1050. The first kappa shape index (κ1) is 20.2. The number of hydrazone groups is 1. The second-order valence-electron chi connectivity index (χ2n) is 5.94. The Kier molecular flexibility index (Phi) is 7.08. The molecule has 3 aromatic rings. The highest BCUT2D eigenvalue weighted by molar-refractivity contribution is 9.10. The van der Waals surface area contributed by atoms with Crippen LogP contribution in [0.3, 0.4) is 0 Å². The van der Waals surface area contributed by atoms with Crippen LogP contribution in [0.2, 0.25) is 0 Å². The number of nitrogens with one attached hydrogen (secondary N) is 1. The predicted molar refractivity (Wildman–Crippen MR) is 117 cm³/mol. The van der Waals surface area contributed by atoms with E-state index in [1.807, 2.05) is 36.4 Å². The highest BCUT2D eigenvalue weighted by Gasteiger charge is 2.04.